The number of amides is 1. The monoisotopic (exact) mass is 394 g/mol. The maximum atomic E-state index is 13.0. The minimum Gasteiger partial charge on any atom is -0.465 e. The first kappa shape index (κ1) is 19.8. The number of anilines is 1. The topological polar surface area (TPSA) is 108 Å². The van der Waals surface area contributed by atoms with E-state index in [0.717, 1.165) is 0 Å². The fraction of sp³-hybridized carbons (Fsp3) is 0.143. The first-order chi connectivity index (χ1) is 14.0. The maximum absolute atomic E-state index is 13.0. The van der Waals surface area contributed by atoms with Crippen molar-refractivity contribution in [2.24, 2.45) is 0 Å². The summed E-state index contributed by atoms with van der Waals surface area (Å²) >= 11 is 0. The summed E-state index contributed by atoms with van der Waals surface area (Å²) in [7, 11) is 2.46. The summed E-state index contributed by atoms with van der Waals surface area (Å²) in [6.07, 6.45) is 0. The van der Waals surface area contributed by atoms with E-state index >= 15 is 0 Å². The molecule has 0 aliphatic carbocycles. The average molecular weight is 394 g/mol. The number of esters is 2. The molecular formula is C21H18N2O6. The van der Waals surface area contributed by atoms with E-state index < -0.39 is 17.8 Å². The van der Waals surface area contributed by atoms with Gasteiger partial charge in [-0.1, -0.05) is 35.5 Å². The molecule has 2 aromatic carbocycles. The number of carbonyl (C=O) groups is 3. The number of nitrogens with zero attached hydrogens (tertiary/aromatic N) is 1. The van der Waals surface area contributed by atoms with Crippen molar-refractivity contribution in [3.05, 3.63) is 71.0 Å². The van der Waals surface area contributed by atoms with Crippen LogP contribution in [0.5, 0.6) is 0 Å². The predicted molar refractivity (Wildman–Crippen MR) is 104 cm³/mol. The molecule has 0 saturated heterocycles. The number of aryl methyl sites for hydroxylation is 1. The third kappa shape index (κ3) is 4.01. The van der Waals surface area contributed by atoms with Gasteiger partial charge in [0.05, 0.1) is 31.0 Å². The number of rotatable bonds is 5. The number of carbonyl (C=O) groups excluding carboxylic acids is 3. The first-order valence-electron chi connectivity index (χ1n) is 8.60. The Hall–Kier alpha value is -3.94. The molecule has 1 aromatic heterocycles. The second kappa shape index (κ2) is 8.39. The van der Waals surface area contributed by atoms with Crippen molar-refractivity contribution in [3.8, 4) is 11.3 Å². The van der Waals surface area contributed by atoms with Crippen LogP contribution in [0, 0.1) is 6.92 Å². The Morgan fingerprint density at radius 3 is 2.31 bits per heavy atom. The standard InChI is InChI=1S/C21H18N2O6/c1-12-17(18(23-29-12)13-7-5-4-6-8-13)19(24)22-16-11-14(20(25)27-2)9-10-15(16)21(26)28-3/h4-11H,1-3H3,(H,22,24). The lowest BCUT2D eigenvalue weighted by molar-refractivity contribution is 0.0587. The molecular weight excluding hydrogens is 376 g/mol. The number of aromatic nitrogens is 1. The van der Waals surface area contributed by atoms with Crippen LogP contribution in [0.2, 0.25) is 0 Å². The van der Waals surface area contributed by atoms with E-state index in [1.54, 1.807) is 19.1 Å². The van der Waals surface area contributed by atoms with E-state index in [1.165, 1.54) is 32.4 Å². The molecule has 0 aliphatic heterocycles. The molecule has 29 heavy (non-hydrogen) atoms. The SMILES string of the molecule is COC(=O)c1ccc(C(=O)OC)c(NC(=O)c2c(-c3ccccc3)noc2C)c1. The molecule has 0 bridgehead atoms. The Labute approximate surface area is 166 Å². The second-order valence-electron chi connectivity index (χ2n) is 6.03. The Kier molecular flexibility index (Phi) is 5.73. The molecule has 0 fully saturated rings. The van der Waals surface area contributed by atoms with Crippen LogP contribution in [-0.4, -0.2) is 37.2 Å². The fourth-order valence-electron chi connectivity index (χ4n) is 2.80. The van der Waals surface area contributed by atoms with Crippen molar-refractivity contribution >= 4 is 23.5 Å². The first-order valence-corrected chi connectivity index (χ1v) is 8.60. The van der Waals surface area contributed by atoms with Crippen LogP contribution in [0.15, 0.2) is 53.1 Å². The Morgan fingerprint density at radius 1 is 0.966 bits per heavy atom. The predicted octanol–water partition coefficient (Wildman–Crippen LogP) is 3.48. The largest absolute Gasteiger partial charge is 0.465 e. The fourth-order valence-corrected chi connectivity index (χ4v) is 2.80. The van der Waals surface area contributed by atoms with Crippen molar-refractivity contribution in [2.75, 3.05) is 19.5 Å². The molecule has 0 aliphatic rings. The summed E-state index contributed by atoms with van der Waals surface area (Å²) in [6, 6.07) is 13.2. The molecule has 3 rings (SSSR count). The van der Waals surface area contributed by atoms with Crippen molar-refractivity contribution in [2.45, 2.75) is 6.92 Å². The zero-order valence-corrected chi connectivity index (χ0v) is 16.0. The minimum absolute atomic E-state index is 0.0869. The highest BCUT2D eigenvalue weighted by atomic mass is 16.5. The maximum Gasteiger partial charge on any atom is 0.339 e. The number of nitrogens with one attached hydrogen (secondary N) is 1. The zero-order chi connectivity index (χ0) is 21.0. The molecule has 0 atom stereocenters. The lowest BCUT2D eigenvalue weighted by Crippen LogP contribution is -2.17. The van der Waals surface area contributed by atoms with Crippen molar-refractivity contribution < 1.29 is 28.4 Å². The van der Waals surface area contributed by atoms with Gasteiger partial charge in [0.2, 0.25) is 0 Å². The molecule has 1 amide bonds. The summed E-state index contributed by atoms with van der Waals surface area (Å²) < 4.78 is 14.7. The molecule has 1 heterocycles. The van der Waals surface area contributed by atoms with Crippen LogP contribution in [0.25, 0.3) is 11.3 Å². The van der Waals surface area contributed by atoms with E-state index in [9.17, 15) is 14.4 Å². The smallest absolute Gasteiger partial charge is 0.339 e. The summed E-state index contributed by atoms with van der Waals surface area (Å²) in [5.74, 6) is -1.51. The molecule has 8 heteroatoms. The molecule has 0 saturated carbocycles. The highest BCUT2D eigenvalue weighted by Crippen LogP contribution is 2.27. The third-order valence-electron chi connectivity index (χ3n) is 4.23. The van der Waals surface area contributed by atoms with Crippen LogP contribution >= 0.6 is 0 Å². The molecule has 0 unspecified atom stereocenters. The minimum atomic E-state index is -0.665. The number of methoxy groups -OCH3 is 2. The summed E-state index contributed by atoms with van der Waals surface area (Å²) in [4.78, 5) is 37.0. The van der Waals surface area contributed by atoms with Gasteiger partial charge in [0, 0.05) is 5.56 Å². The average Bonchev–Trinajstić information content (AvgIpc) is 3.14. The van der Waals surface area contributed by atoms with E-state index in [2.05, 4.69) is 10.5 Å². The number of hydrogen-bond donors (Lipinski definition) is 1. The van der Waals surface area contributed by atoms with Gasteiger partial charge < -0.3 is 19.3 Å². The summed E-state index contributed by atoms with van der Waals surface area (Å²) in [5.41, 5.74) is 1.64. The molecule has 1 N–H and O–H groups in total. The molecule has 8 nitrogen and oxygen atoms in total. The van der Waals surface area contributed by atoms with Gasteiger partial charge >= 0.3 is 11.9 Å². The van der Waals surface area contributed by atoms with Crippen molar-refractivity contribution in [3.63, 3.8) is 0 Å². The van der Waals surface area contributed by atoms with Gasteiger partial charge in [0.1, 0.15) is 17.0 Å². The molecule has 3 aromatic rings. The van der Waals surface area contributed by atoms with Gasteiger partial charge in [-0.05, 0) is 25.1 Å². The van der Waals surface area contributed by atoms with E-state index in [0.29, 0.717) is 17.0 Å². The summed E-state index contributed by atoms with van der Waals surface area (Å²) in [5, 5.41) is 6.63. The van der Waals surface area contributed by atoms with Gasteiger partial charge in [-0.25, -0.2) is 9.59 Å². The van der Waals surface area contributed by atoms with Crippen molar-refractivity contribution in [1.29, 1.82) is 0 Å². The van der Waals surface area contributed by atoms with E-state index in [4.69, 9.17) is 14.0 Å². The lowest BCUT2D eigenvalue weighted by Gasteiger charge is -2.11. The van der Waals surface area contributed by atoms with E-state index in [-0.39, 0.29) is 22.4 Å². The third-order valence-corrected chi connectivity index (χ3v) is 4.23. The lowest BCUT2D eigenvalue weighted by atomic mass is 10.0. The Morgan fingerprint density at radius 2 is 1.66 bits per heavy atom. The molecule has 0 spiro atoms. The Balaban J connectivity index is 2.02. The Bertz CT molecular complexity index is 1070. The normalized spacial score (nSPS) is 10.3. The number of hydrogen-bond acceptors (Lipinski definition) is 7. The highest BCUT2D eigenvalue weighted by molar-refractivity contribution is 6.11. The van der Waals surface area contributed by atoms with Crippen LogP contribution in [0.1, 0.15) is 36.8 Å². The van der Waals surface area contributed by atoms with Gasteiger partial charge in [-0.15, -0.1) is 0 Å². The van der Waals surface area contributed by atoms with Gasteiger partial charge in [-0.2, -0.15) is 0 Å². The quantitative estimate of drug-likeness (QED) is 0.660. The van der Waals surface area contributed by atoms with Gasteiger partial charge in [-0.3, -0.25) is 4.79 Å². The highest BCUT2D eigenvalue weighted by Gasteiger charge is 2.24. The van der Waals surface area contributed by atoms with Crippen LogP contribution in [0.3, 0.4) is 0 Å². The van der Waals surface area contributed by atoms with Gasteiger partial charge in [0.25, 0.3) is 5.91 Å². The van der Waals surface area contributed by atoms with Crippen LogP contribution in [-0.2, 0) is 9.47 Å². The molecule has 148 valence electrons. The zero-order valence-electron chi connectivity index (χ0n) is 16.0. The van der Waals surface area contributed by atoms with Crippen LogP contribution < -0.4 is 5.32 Å². The number of ether oxygens (including phenoxy) is 2. The van der Waals surface area contributed by atoms with Crippen molar-refractivity contribution in [1.82, 2.24) is 5.16 Å². The summed E-state index contributed by atoms with van der Waals surface area (Å²) in [6.45, 7) is 1.61. The van der Waals surface area contributed by atoms with Gasteiger partial charge in [0.15, 0.2) is 0 Å². The second-order valence-corrected chi connectivity index (χ2v) is 6.03. The molecule has 0 radical (unpaired) electrons. The van der Waals surface area contributed by atoms with E-state index in [1.807, 2.05) is 18.2 Å². The van der Waals surface area contributed by atoms with Crippen LogP contribution in [0.4, 0.5) is 5.69 Å². The number of benzene rings is 2.